The normalized spacial score (nSPS) is 8.45. The molecule has 0 amide bonds. The number of hydrogen-bond acceptors (Lipinski definition) is 1. The first-order valence-electron chi connectivity index (χ1n) is 3.49. The molecular formula is C8H11F2N. The predicted molar refractivity (Wildman–Crippen MR) is 40.2 cm³/mol. The minimum atomic E-state index is -0.645. The monoisotopic (exact) mass is 159 g/mol. The molecule has 1 rings (SSSR count). The third-order valence-corrected chi connectivity index (χ3v) is 0.987. The SMILES string of the molecule is CC.Cc1nc(F)ccc1F. The van der Waals surface area contributed by atoms with Gasteiger partial charge in [-0.25, -0.2) is 9.37 Å². The maximum absolute atomic E-state index is 12.3. The molecule has 0 aromatic carbocycles. The van der Waals surface area contributed by atoms with E-state index >= 15 is 0 Å². The van der Waals surface area contributed by atoms with Gasteiger partial charge in [0.25, 0.3) is 0 Å². The molecule has 0 unspecified atom stereocenters. The molecule has 0 saturated heterocycles. The maximum atomic E-state index is 12.3. The number of halogens is 2. The second-order valence-corrected chi connectivity index (χ2v) is 1.70. The minimum Gasteiger partial charge on any atom is -0.222 e. The summed E-state index contributed by atoms with van der Waals surface area (Å²) in [7, 11) is 0. The largest absolute Gasteiger partial charge is 0.222 e. The first-order valence-corrected chi connectivity index (χ1v) is 3.49. The topological polar surface area (TPSA) is 12.9 Å². The zero-order valence-corrected chi connectivity index (χ0v) is 6.86. The summed E-state index contributed by atoms with van der Waals surface area (Å²) in [6.45, 7) is 5.42. The molecule has 1 aromatic heterocycles. The summed E-state index contributed by atoms with van der Waals surface area (Å²) >= 11 is 0. The number of rotatable bonds is 0. The summed E-state index contributed by atoms with van der Waals surface area (Å²) in [5.74, 6) is -1.12. The first kappa shape index (κ1) is 10.0. The summed E-state index contributed by atoms with van der Waals surface area (Å²) in [5, 5.41) is 0. The third kappa shape index (κ3) is 3.07. The zero-order valence-electron chi connectivity index (χ0n) is 6.86. The van der Waals surface area contributed by atoms with E-state index in [-0.39, 0.29) is 5.69 Å². The molecule has 0 atom stereocenters. The van der Waals surface area contributed by atoms with Crippen LogP contribution in [0.2, 0.25) is 0 Å². The van der Waals surface area contributed by atoms with E-state index in [0.29, 0.717) is 0 Å². The molecule has 0 bridgehead atoms. The Morgan fingerprint density at radius 2 is 1.73 bits per heavy atom. The van der Waals surface area contributed by atoms with Crippen LogP contribution in [-0.4, -0.2) is 4.98 Å². The van der Waals surface area contributed by atoms with Crippen molar-refractivity contribution in [1.82, 2.24) is 4.98 Å². The Kier molecular flexibility index (Phi) is 4.34. The summed E-state index contributed by atoms with van der Waals surface area (Å²) in [5.41, 5.74) is 0.0926. The predicted octanol–water partition coefficient (Wildman–Crippen LogP) is 2.69. The van der Waals surface area contributed by atoms with Gasteiger partial charge >= 0.3 is 0 Å². The molecule has 1 nitrogen and oxygen atoms in total. The van der Waals surface area contributed by atoms with E-state index in [2.05, 4.69) is 4.98 Å². The van der Waals surface area contributed by atoms with Gasteiger partial charge in [0.05, 0.1) is 5.69 Å². The van der Waals surface area contributed by atoms with Crippen LogP contribution >= 0.6 is 0 Å². The van der Waals surface area contributed by atoms with Crippen molar-refractivity contribution in [2.75, 3.05) is 0 Å². The van der Waals surface area contributed by atoms with Crippen molar-refractivity contribution in [3.8, 4) is 0 Å². The van der Waals surface area contributed by atoms with Crippen molar-refractivity contribution >= 4 is 0 Å². The van der Waals surface area contributed by atoms with E-state index in [1.165, 1.54) is 6.92 Å². The van der Waals surface area contributed by atoms with E-state index in [1.807, 2.05) is 13.8 Å². The Hall–Kier alpha value is -0.990. The first-order chi connectivity index (χ1) is 5.20. The van der Waals surface area contributed by atoms with Crippen LogP contribution in [0.25, 0.3) is 0 Å². The maximum Gasteiger partial charge on any atom is 0.213 e. The van der Waals surface area contributed by atoms with Crippen molar-refractivity contribution in [3.63, 3.8) is 0 Å². The van der Waals surface area contributed by atoms with E-state index in [0.717, 1.165) is 12.1 Å². The van der Waals surface area contributed by atoms with E-state index < -0.39 is 11.8 Å². The fraction of sp³-hybridized carbons (Fsp3) is 0.375. The summed E-state index contributed by atoms with van der Waals surface area (Å²) in [4.78, 5) is 3.23. The van der Waals surface area contributed by atoms with Gasteiger partial charge in [0.15, 0.2) is 0 Å². The average molecular weight is 159 g/mol. The van der Waals surface area contributed by atoms with Gasteiger partial charge in [-0.05, 0) is 19.1 Å². The number of nitrogens with zero attached hydrogens (tertiary/aromatic N) is 1. The number of aryl methyl sites for hydroxylation is 1. The van der Waals surface area contributed by atoms with Crippen LogP contribution < -0.4 is 0 Å². The lowest BCUT2D eigenvalue weighted by atomic mass is 10.4. The van der Waals surface area contributed by atoms with E-state index in [4.69, 9.17) is 0 Å². The van der Waals surface area contributed by atoms with Crippen LogP contribution in [0.15, 0.2) is 12.1 Å². The van der Waals surface area contributed by atoms with Gasteiger partial charge in [0.1, 0.15) is 5.82 Å². The summed E-state index contributed by atoms with van der Waals surface area (Å²) in [6.07, 6.45) is 0. The van der Waals surface area contributed by atoms with E-state index in [9.17, 15) is 8.78 Å². The smallest absolute Gasteiger partial charge is 0.213 e. The molecule has 62 valence electrons. The lowest BCUT2D eigenvalue weighted by molar-refractivity contribution is 0.550. The Morgan fingerprint density at radius 3 is 2.09 bits per heavy atom. The van der Waals surface area contributed by atoms with Crippen LogP contribution in [0.5, 0.6) is 0 Å². The molecular weight excluding hydrogens is 148 g/mol. The van der Waals surface area contributed by atoms with Gasteiger partial charge in [-0.2, -0.15) is 4.39 Å². The zero-order chi connectivity index (χ0) is 8.85. The van der Waals surface area contributed by atoms with Crippen molar-refractivity contribution < 1.29 is 8.78 Å². The van der Waals surface area contributed by atoms with Crippen molar-refractivity contribution in [3.05, 3.63) is 29.6 Å². The Bertz CT molecular complexity index is 223. The van der Waals surface area contributed by atoms with Crippen LogP contribution in [0.1, 0.15) is 19.5 Å². The molecule has 0 aliphatic rings. The molecule has 0 radical (unpaired) electrons. The van der Waals surface area contributed by atoms with Crippen molar-refractivity contribution in [2.24, 2.45) is 0 Å². The molecule has 0 N–H and O–H groups in total. The lowest BCUT2D eigenvalue weighted by Crippen LogP contribution is -1.89. The Morgan fingerprint density at radius 1 is 1.18 bits per heavy atom. The van der Waals surface area contributed by atoms with Crippen molar-refractivity contribution in [2.45, 2.75) is 20.8 Å². The minimum absolute atomic E-state index is 0.0926. The third-order valence-electron chi connectivity index (χ3n) is 0.987. The number of hydrogen-bond donors (Lipinski definition) is 0. The average Bonchev–Trinajstić information content (AvgIpc) is 2.02. The molecule has 3 heteroatoms. The molecule has 0 aliphatic heterocycles. The molecule has 1 aromatic rings. The van der Waals surface area contributed by atoms with E-state index in [1.54, 1.807) is 0 Å². The van der Waals surface area contributed by atoms with Crippen LogP contribution in [0.4, 0.5) is 8.78 Å². The standard InChI is InChI=1S/C6H5F2N.C2H6/c1-4-5(7)2-3-6(8)9-4;1-2/h2-3H,1H3;1-2H3. The Labute approximate surface area is 65.1 Å². The quantitative estimate of drug-likeness (QED) is 0.530. The van der Waals surface area contributed by atoms with Crippen LogP contribution in [0, 0.1) is 18.7 Å². The second-order valence-electron chi connectivity index (χ2n) is 1.70. The molecule has 0 saturated carbocycles. The molecule has 0 fully saturated rings. The molecule has 1 heterocycles. The van der Waals surface area contributed by atoms with Crippen LogP contribution in [-0.2, 0) is 0 Å². The lowest BCUT2D eigenvalue weighted by Gasteiger charge is -1.91. The van der Waals surface area contributed by atoms with Gasteiger partial charge < -0.3 is 0 Å². The second kappa shape index (κ2) is 4.77. The fourth-order valence-corrected chi connectivity index (χ4v) is 0.513. The van der Waals surface area contributed by atoms with Gasteiger partial charge in [-0.1, -0.05) is 13.8 Å². The highest BCUT2D eigenvalue weighted by molar-refractivity contribution is 5.05. The van der Waals surface area contributed by atoms with Gasteiger partial charge in [0, 0.05) is 0 Å². The summed E-state index contributed by atoms with van der Waals surface area (Å²) in [6, 6.07) is 2.04. The fourth-order valence-electron chi connectivity index (χ4n) is 0.513. The molecule has 0 spiro atoms. The molecule has 11 heavy (non-hydrogen) atoms. The highest BCUT2D eigenvalue weighted by Crippen LogP contribution is 2.01. The Balaban J connectivity index is 0.000000461. The van der Waals surface area contributed by atoms with Gasteiger partial charge in [-0.3, -0.25) is 0 Å². The summed E-state index contributed by atoms with van der Waals surface area (Å²) < 4.78 is 24.3. The van der Waals surface area contributed by atoms with Gasteiger partial charge in [-0.15, -0.1) is 0 Å². The van der Waals surface area contributed by atoms with Gasteiger partial charge in [0.2, 0.25) is 5.95 Å². The highest BCUT2D eigenvalue weighted by Gasteiger charge is 1.97. The van der Waals surface area contributed by atoms with Crippen LogP contribution in [0.3, 0.4) is 0 Å². The van der Waals surface area contributed by atoms with Crippen molar-refractivity contribution in [1.29, 1.82) is 0 Å². The number of pyridine rings is 1. The highest BCUT2D eigenvalue weighted by atomic mass is 19.1. The number of aromatic nitrogens is 1. The molecule has 0 aliphatic carbocycles.